The molecule has 202 valence electrons. The third-order valence-electron chi connectivity index (χ3n) is 4.47. The van der Waals surface area contributed by atoms with Crippen LogP contribution in [-0.2, 0) is 25.6 Å². The van der Waals surface area contributed by atoms with Gasteiger partial charge in [0.15, 0.2) is 0 Å². The number of methoxy groups -OCH3 is 1. The fourth-order valence-electron chi connectivity index (χ4n) is 2.61. The van der Waals surface area contributed by atoms with E-state index in [0.29, 0.717) is 39.2 Å². The topological polar surface area (TPSA) is 139 Å². The highest BCUT2D eigenvalue weighted by molar-refractivity contribution is 7.35. The normalized spacial score (nSPS) is 10.4. The van der Waals surface area contributed by atoms with Gasteiger partial charge in [-0.25, -0.2) is 4.79 Å². The Labute approximate surface area is 220 Å². The van der Waals surface area contributed by atoms with E-state index < -0.39 is 11.1 Å². The van der Waals surface area contributed by atoms with Crippen molar-refractivity contribution in [2.45, 2.75) is 26.4 Å². The van der Waals surface area contributed by atoms with Crippen LogP contribution >= 0.6 is 17.8 Å². The van der Waals surface area contributed by atoms with Gasteiger partial charge in [0.25, 0.3) is 5.69 Å². The Hall–Kier alpha value is -2.97. The molecule has 13 heteroatoms. The zero-order valence-electron chi connectivity index (χ0n) is 21.0. The third kappa shape index (κ3) is 15.7. The van der Waals surface area contributed by atoms with Crippen molar-refractivity contribution in [1.29, 1.82) is 0 Å². The van der Waals surface area contributed by atoms with Crippen LogP contribution in [0.2, 0.25) is 0 Å². The minimum Gasteiger partial charge on any atom is -0.429 e. The van der Waals surface area contributed by atoms with Crippen molar-refractivity contribution in [3.63, 3.8) is 0 Å². The Kier molecular flexibility index (Phi) is 17.4. The number of hydrogen-bond acceptors (Lipinski definition) is 10. The summed E-state index contributed by atoms with van der Waals surface area (Å²) in [7, 11) is 5.08. The van der Waals surface area contributed by atoms with E-state index >= 15 is 0 Å². The smallest absolute Gasteiger partial charge is 0.429 e. The van der Waals surface area contributed by atoms with E-state index in [2.05, 4.69) is 26.1 Å². The Bertz CT molecular complexity index is 973. The molecular formula is C24H33N3O8P2. The molecule has 2 aromatic carbocycles. The summed E-state index contributed by atoms with van der Waals surface area (Å²) in [6.45, 7) is 3.99. The Morgan fingerprint density at radius 3 is 2.32 bits per heavy atom. The van der Waals surface area contributed by atoms with Crippen molar-refractivity contribution >= 4 is 41.1 Å². The zero-order chi connectivity index (χ0) is 27.3. The first-order valence-corrected chi connectivity index (χ1v) is 13.0. The Morgan fingerprint density at radius 2 is 1.76 bits per heavy atom. The first-order chi connectivity index (χ1) is 17.9. The van der Waals surface area contributed by atoms with Gasteiger partial charge in [-0.15, -0.1) is 0 Å². The van der Waals surface area contributed by atoms with Crippen molar-refractivity contribution in [3.8, 4) is 5.75 Å². The van der Waals surface area contributed by atoms with Gasteiger partial charge < -0.3 is 24.3 Å². The minimum atomic E-state index is -0.911. The third-order valence-corrected chi connectivity index (χ3v) is 5.41. The van der Waals surface area contributed by atoms with E-state index in [0.717, 1.165) is 17.4 Å². The van der Waals surface area contributed by atoms with Crippen LogP contribution in [0.15, 0.2) is 53.0 Å². The average molecular weight is 553 g/mol. The standard InChI is InChI=1S/C22H26N2O8.C2H7NP2/c1-29-14-15-30-13-11-20(25)10-12-23-18-4-2-17(3-5-18)16-31-22(26)32-21-8-6-19(7-9-21)24(27)28;1-2-5-3-4/h2-9,23H,10-16H2,1H3;2,4H2,1H3. The number of benzene rings is 2. The number of nitrogens with one attached hydrogen (secondary N) is 1. The monoisotopic (exact) mass is 553 g/mol. The lowest BCUT2D eigenvalue weighted by atomic mass is 10.2. The number of Topliss-reactive ketones (excluding diaryl/α,β-unsaturated/α-hetero) is 1. The molecule has 1 N–H and O–H groups in total. The molecule has 0 heterocycles. The van der Waals surface area contributed by atoms with Crippen LogP contribution in [0.3, 0.4) is 0 Å². The van der Waals surface area contributed by atoms with Crippen LogP contribution in [0.5, 0.6) is 5.75 Å². The number of nitro groups is 1. The number of hydrogen-bond donors (Lipinski definition) is 1. The molecular weight excluding hydrogens is 520 g/mol. The van der Waals surface area contributed by atoms with Gasteiger partial charge >= 0.3 is 6.16 Å². The van der Waals surface area contributed by atoms with Crippen LogP contribution in [-0.4, -0.2) is 56.5 Å². The molecule has 0 spiro atoms. The molecule has 0 saturated carbocycles. The molecule has 1 atom stereocenters. The highest BCUT2D eigenvalue weighted by Gasteiger charge is 2.09. The molecule has 11 nitrogen and oxygen atoms in total. The number of nitro benzene ring substituents is 1. The second-order valence-corrected chi connectivity index (χ2v) is 9.07. The fourth-order valence-corrected chi connectivity index (χ4v) is 3.26. The van der Waals surface area contributed by atoms with E-state index in [1.165, 1.54) is 32.6 Å². The van der Waals surface area contributed by atoms with Crippen molar-refractivity contribution in [1.82, 2.24) is 0 Å². The Balaban J connectivity index is 0.00000124. The molecule has 2 aromatic rings. The number of nitrogens with zero attached hydrogens (tertiary/aromatic N) is 2. The molecule has 0 saturated heterocycles. The van der Waals surface area contributed by atoms with Gasteiger partial charge in [-0.1, -0.05) is 19.1 Å². The summed E-state index contributed by atoms with van der Waals surface area (Å²) in [5.41, 5.74) is 1.49. The average Bonchev–Trinajstić information content (AvgIpc) is 2.89. The van der Waals surface area contributed by atoms with Crippen molar-refractivity contribution < 1.29 is 33.5 Å². The fraction of sp³-hybridized carbons (Fsp3) is 0.417. The molecule has 0 aromatic heterocycles. The quantitative estimate of drug-likeness (QED) is 0.0739. The molecule has 37 heavy (non-hydrogen) atoms. The molecule has 0 aliphatic carbocycles. The van der Waals surface area contributed by atoms with Gasteiger partial charge in [0.2, 0.25) is 0 Å². The van der Waals surface area contributed by atoms with E-state index in [9.17, 15) is 19.7 Å². The van der Waals surface area contributed by atoms with E-state index in [-0.39, 0.29) is 23.8 Å². The minimum absolute atomic E-state index is 0.00759. The number of carbonyl (C=O) groups is 2. The summed E-state index contributed by atoms with van der Waals surface area (Å²) < 4.78 is 23.9. The Morgan fingerprint density at radius 1 is 1.05 bits per heavy atom. The van der Waals surface area contributed by atoms with Crippen LogP contribution in [0.25, 0.3) is 0 Å². The van der Waals surface area contributed by atoms with Crippen LogP contribution in [0, 0.1) is 10.1 Å². The SMILES string of the molecule is CCP=NP.COCCOCCC(=O)CCNc1ccc(COC(=O)Oc2ccc([N+](=O)[O-])cc2)cc1. The van der Waals surface area contributed by atoms with Crippen molar-refractivity contribution in [2.24, 2.45) is 4.52 Å². The van der Waals surface area contributed by atoms with Gasteiger partial charge in [-0.3, -0.25) is 19.4 Å². The van der Waals surface area contributed by atoms with Gasteiger partial charge in [0.05, 0.1) is 24.7 Å². The van der Waals surface area contributed by atoms with Gasteiger partial charge in [0.1, 0.15) is 18.1 Å². The predicted octanol–water partition coefficient (Wildman–Crippen LogP) is 5.66. The number of carbonyl (C=O) groups excluding carboxylic acids is 2. The van der Waals surface area contributed by atoms with Gasteiger partial charge in [-0.05, 0) is 39.2 Å². The lowest BCUT2D eigenvalue weighted by Gasteiger charge is -2.08. The summed E-state index contributed by atoms with van der Waals surface area (Å²) in [6.07, 6.45) is 0.986. The van der Waals surface area contributed by atoms with E-state index in [4.69, 9.17) is 18.9 Å². The first kappa shape index (κ1) is 32.1. The molecule has 0 bridgehead atoms. The van der Waals surface area contributed by atoms with E-state index in [1.807, 2.05) is 12.1 Å². The molecule has 0 fully saturated rings. The van der Waals surface area contributed by atoms with E-state index in [1.54, 1.807) is 19.2 Å². The summed E-state index contributed by atoms with van der Waals surface area (Å²) in [5.74, 6) is 0.266. The maximum Gasteiger partial charge on any atom is 0.514 e. The summed E-state index contributed by atoms with van der Waals surface area (Å²) in [6, 6.07) is 12.3. The first-order valence-electron chi connectivity index (χ1n) is 11.5. The maximum absolute atomic E-state index is 11.8. The maximum atomic E-state index is 11.8. The van der Waals surface area contributed by atoms with Crippen molar-refractivity contribution in [2.75, 3.05) is 45.0 Å². The summed E-state index contributed by atoms with van der Waals surface area (Å²) >= 11 is 0. The lowest BCUT2D eigenvalue weighted by Crippen LogP contribution is -2.12. The number of non-ortho nitro benzene ring substituents is 1. The van der Waals surface area contributed by atoms with Crippen LogP contribution < -0.4 is 10.1 Å². The second kappa shape index (κ2) is 20.1. The zero-order valence-corrected chi connectivity index (χ0v) is 23.0. The molecule has 1 unspecified atom stereocenters. The second-order valence-electron chi connectivity index (χ2n) is 7.23. The largest absolute Gasteiger partial charge is 0.514 e. The summed E-state index contributed by atoms with van der Waals surface area (Å²) in [5, 5.41) is 13.8. The van der Waals surface area contributed by atoms with Crippen molar-refractivity contribution in [3.05, 3.63) is 64.2 Å². The summed E-state index contributed by atoms with van der Waals surface area (Å²) in [4.78, 5) is 33.6. The number of anilines is 1. The lowest BCUT2D eigenvalue weighted by molar-refractivity contribution is -0.384. The van der Waals surface area contributed by atoms with Gasteiger partial charge in [-0.2, -0.15) is 0 Å². The number of ether oxygens (including phenoxy) is 4. The highest BCUT2D eigenvalue weighted by atomic mass is 31.1. The number of ketones is 1. The molecule has 0 aliphatic rings. The molecule has 0 radical (unpaired) electrons. The molecule has 0 amide bonds. The molecule has 2 rings (SSSR count). The highest BCUT2D eigenvalue weighted by Crippen LogP contribution is 2.18. The predicted molar refractivity (Wildman–Crippen MR) is 145 cm³/mol. The molecule has 0 aliphatic heterocycles. The number of rotatable bonds is 15. The van der Waals surface area contributed by atoms with Gasteiger partial charge in [0, 0.05) is 58.9 Å². The van der Waals surface area contributed by atoms with Crippen LogP contribution in [0.4, 0.5) is 16.2 Å². The van der Waals surface area contributed by atoms with Crippen LogP contribution in [0.1, 0.15) is 25.3 Å².